The molecular formula is C44H89Cl2N7O6+2. The zero-order chi connectivity index (χ0) is 41.8. The van der Waals surface area contributed by atoms with Crippen LogP contribution in [-0.4, -0.2) is 176 Å². The average molecular weight is 883 g/mol. The van der Waals surface area contributed by atoms with E-state index in [1.165, 1.54) is 0 Å². The fourth-order valence-electron chi connectivity index (χ4n) is 8.54. The number of quaternary nitrogens is 2. The maximum atomic E-state index is 12.7. The van der Waals surface area contributed by atoms with Gasteiger partial charge < -0.3 is 35.1 Å². The number of likely N-dealkylation sites (tertiary alicyclic amines) is 2. The van der Waals surface area contributed by atoms with Crippen molar-refractivity contribution in [3.8, 4) is 0 Å². The van der Waals surface area contributed by atoms with Gasteiger partial charge in [-0.2, -0.15) is 0 Å². The number of likely N-dealkylation sites (N-methyl/N-ethyl adjacent to an activating group) is 1. The number of amides is 2. The lowest BCUT2D eigenvalue weighted by Crippen LogP contribution is -2.69. The van der Waals surface area contributed by atoms with Gasteiger partial charge in [-0.15, -0.1) is 24.8 Å². The van der Waals surface area contributed by atoms with Gasteiger partial charge in [-0.25, -0.2) is 0 Å². The molecule has 5 N–H and O–H groups in total. The quantitative estimate of drug-likeness (QED) is 0.0345. The van der Waals surface area contributed by atoms with E-state index < -0.39 is 0 Å². The topological polar surface area (TPSA) is 151 Å². The van der Waals surface area contributed by atoms with Gasteiger partial charge in [0.05, 0.1) is 45.9 Å². The summed E-state index contributed by atoms with van der Waals surface area (Å²) in [5.74, 6) is 0.665. The molecule has 15 heteroatoms. The highest BCUT2D eigenvalue weighted by atomic mass is 35.5. The maximum Gasteiger partial charge on any atom is 0.220 e. The Kier molecular flexibility index (Phi) is 33.3. The zero-order valence-corrected chi connectivity index (χ0v) is 39.5. The molecule has 0 atom stereocenters. The number of hydrogen-bond donors (Lipinski definition) is 5. The second kappa shape index (κ2) is 34.1. The van der Waals surface area contributed by atoms with E-state index >= 15 is 0 Å². The molecule has 0 saturated carbocycles. The highest BCUT2D eigenvalue weighted by Gasteiger charge is 2.43. The van der Waals surface area contributed by atoms with E-state index in [0.717, 1.165) is 178 Å². The van der Waals surface area contributed by atoms with Crippen LogP contribution in [0.5, 0.6) is 0 Å². The van der Waals surface area contributed by atoms with Crippen LogP contribution in [-0.2, 0) is 19.2 Å². The molecule has 0 bridgehead atoms. The second-order valence-electron chi connectivity index (χ2n) is 17.6. The van der Waals surface area contributed by atoms with Crippen LogP contribution < -0.4 is 16.0 Å². The molecule has 2 amide bonds. The van der Waals surface area contributed by atoms with Crippen molar-refractivity contribution in [2.24, 2.45) is 0 Å². The van der Waals surface area contributed by atoms with E-state index in [4.69, 9.17) is 0 Å². The van der Waals surface area contributed by atoms with Crippen molar-refractivity contribution in [2.45, 2.75) is 149 Å². The SMILES string of the molecule is CCCCN(CCCC(=O)CCCCC(=O)NCC[N+]1(CCCC)CC(O)C1)CN(CCCC)CCCC(=O)CCCCC(=O)NCC[N+]1(CCNC)CC(O)C1.Cl.Cl. The summed E-state index contributed by atoms with van der Waals surface area (Å²) in [6, 6.07) is 0. The lowest BCUT2D eigenvalue weighted by Gasteiger charge is -2.48. The van der Waals surface area contributed by atoms with Gasteiger partial charge in [0.25, 0.3) is 0 Å². The third-order valence-electron chi connectivity index (χ3n) is 12.2. The number of nitrogens with one attached hydrogen (secondary N) is 3. The molecule has 2 rings (SSSR count). The fraction of sp³-hybridized carbons (Fsp3) is 0.909. The van der Waals surface area contributed by atoms with Crippen molar-refractivity contribution in [3.63, 3.8) is 0 Å². The first kappa shape index (κ1) is 57.6. The van der Waals surface area contributed by atoms with Crippen molar-refractivity contribution >= 4 is 48.2 Å². The summed E-state index contributed by atoms with van der Waals surface area (Å²) in [6.07, 6.45) is 14.1. The van der Waals surface area contributed by atoms with Crippen LogP contribution in [0.3, 0.4) is 0 Å². The summed E-state index contributed by atoms with van der Waals surface area (Å²) in [6.45, 7) is 20.3. The molecule has 0 aromatic rings. The number of carbonyl (C=O) groups is 4. The van der Waals surface area contributed by atoms with Crippen molar-refractivity contribution in [2.75, 3.05) is 112 Å². The Bertz CT molecular complexity index is 1040. The van der Waals surface area contributed by atoms with E-state index in [2.05, 4.69) is 46.5 Å². The summed E-state index contributed by atoms with van der Waals surface area (Å²) < 4.78 is 1.76. The van der Waals surface area contributed by atoms with E-state index in [-0.39, 0.29) is 60.4 Å². The Balaban J connectivity index is 0.0000168. The smallest absolute Gasteiger partial charge is 0.220 e. The standard InChI is InChI=1S/C44H85N7O6.2ClH/c1-5-8-26-48(28-15-19-39(52)17-11-13-21-43(56)46-24-32-50(30-10-7-3)34-41(54)35-50)38-49(27-9-6-2)29-16-20-40(53)18-12-14-22-44(57)47-25-33-51(31-23-45-4)36-42(55)37-51;;/h41-42,45,54-55H,5-38H2,1-4H3;2*1H/p+2. The number of unbranched alkanes of at least 4 members (excludes halogenated alkanes) is 5. The average Bonchev–Trinajstić information content (AvgIpc) is 3.16. The number of rotatable bonds is 38. The van der Waals surface area contributed by atoms with E-state index in [9.17, 15) is 29.4 Å². The number of aliphatic hydroxyl groups excluding tert-OH is 2. The molecule has 2 fully saturated rings. The molecule has 348 valence electrons. The third-order valence-corrected chi connectivity index (χ3v) is 12.2. The number of Topliss-reactive ketones (excluding diaryl/α,β-unsaturated/α-hetero) is 2. The van der Waals surface area contributed by atoms with Crippen molar-refractivity contribution in [3.05, 3.63) is 0 Å². The van der Waals surface area contributed by atoms with Crippen LogP contribution in [0.2, 0.25) is 0 Å². The number of halogens is 2. The van der Waals surface area contributed by atoms with Gasteiger partial charge in [-0.05, 0) is 91.0 Å². The van der Waals surface area contributed by atoms with E-state index in [0.29, 0.717) is 51.6 Å². The first-order valence-corrected chi connectivity index (χ1v) is 23.2. The molecule has 0 unspecified atom stereocenters. The number of hydrogen-bond acceptors (Lipinski definition) is 9. The Morgan fingerprint density at radius 2 is 0.864 bits per heavy atom. The van der Waals surface area contributed by atoms with Crippen molar-refractivity contribution < 1.29 is 38.4 Å². The summed E-state index contributed by atoms with van der Waals surface area (Å²) in [4.78, 5) is 55.2. The minimum atomic E-state index is -0.229. The number of carbonyl (C=O) groups excluding carboxylic acids is 4. The van der Waals surface area contributed by atoms with E-state index in [1.807, 2.05) is 7.05 Å². The molecule has 0 aromatic heterocycles. The zero-order valence-electron chi connectivity index (χ0n) is 37.8. The van der Waals surface area contributed by atoms with Crippen LogP contribution in [0.1, 0.15) is 136 Å². The molecule has 13 nitrogen and oxygen atoms in total. The Morgan fingerprint density at radius 1 is 0.508 bits per heavy atom. The Labute approximate surface area is 371 Å². The molecule has 2 aliphatic rings. The van der Waals surface area contributed by atoms with Gasteiger partial charge in [0.2, 0.25) is 11.8 Å². The lowest BCUT2D eigenvalue weighted by molar-refractivity contribution is -0.971. The van der Waals surface area contributed by atoms with Gasteiger partial charge in [0, 0.05) is 45.1 Å². The van der Waals surface area contributed by atoms with E-state index in [1.54, 1.807) is 0 Å². The van der Waals surface area contributed by atoms with Crippen molar-refractivity contribution in [1.82, 2.24) is 25.8 Å². The van der Waals surface area contributed by atoms with Crippen LogP contribution in [0.4, 0.5) is 0 Å². The van der Waals surface area contributed by atoms with Gasteiger partial charge in [-0.3, -0.25) is 29.0 Å². The summed E-state index contributed by atoms with van der Waals surface area (Å²) in [5, 5.41) is 28.9. The summed E-state index contributed by atoms with van der Waals surface area (Å²) in [5.41, 5.74) is 0. The molecule has 2 heterocycles. The maximum absolute atomic E-state index is 12.7. The van der Waals surface area contributed by atoms with Crippen LogP contribution in [0.25, 0.3) is 0 Å². The molecule has 0 spiro atoms. The molecule has 0 aromatic carbocycles. The minimum Gasteiger partial charge on any atom is -0.382 e. The molecule has 0 aliphatic carbocycles. The lowest BCUT2D eigenvalue weighted by atomic mass is 10.0. The van der Waals surface area contributed by atoms with Gasteiger partial charge in [-0.1, -0.05) is 40.0 Å². The number of aliphatic hydroxyl groups is 2. The predicted molar refractivity (Wildman–Crippen MR) is 244 cm³/mol. The number of nitrogens with zero attached hydrogens (tertiary/aromatic N) is 4. The largest absolute Gasteiger partial charge is 0.382 e. The van der Waals surface area contributed by atoms with Gasteiger partial charge >= 0.3 is 0 Å². The summed E-state index contributed by atoms with van der Waals surface area (Å²) in [7, 11) is 1.93. The van der Waals surface area contributed by atoms with Crippen molar-refractivity contribution in [1.29, 1.82) is 0 Å². The normalized spacial score (nSPS) is 20.9. The van der Waals surface area contributed by atoms with Crippen LogP contribution in [0.15, 0.2) is 0 Å². The Morgan fingerprint density at radius 3 is 1.25 bits per heavy atom. The monoisotopic (exact) mass is 882 g/mol. The van der Waals surface area contributed by atoms with Crippen LogP contribution in [0, 0.1) is 0 Å². The highest BCUT2D eigenvalue weighted by Crippen LogP contribution is 2.22. The highest BCUT2D eigenvalue weighted by molar-refractivity contribution is 5.85. The molecule has 2 aliphatic heterocycles. The second-order valence-corrected chi connectivity index (χ2v) is 17.6. The molecule has 2 saturated heterocycles. The Hall–Kier alpha value is -1.42. The third kappa shape index (κ3) is 26.0. The van der Waals surface area contributed by atoms with Gasteiger partial charge in [0.15, 0.2) is 12.2 Å². The molecule has 59 heavy (non-hydrogen) atoms. The van der Waals surface area contributed by atoms with Crippen LogP contribution >= 0.6 is 24.8 Å². The summed E-state index contributed by atoms with van der Waals surface area (Å²) >= 11 is 0. The first-order valence-electron chi connectivity index (χ1n) is 23.2. The predicted octanol–water partition coefficient (Wildman–Crippen LogP) is 4.45. The van der Waals surface area contributed by atoms with Gasteiger partial charge in [0.1, 0.15) is 37.7 Å². The molecular weight excluding hydrogens is 793 g/mol. The number of ketones is 2. The minimum absolute atomic E-state index is 0. The first-order chi connectivity index (χ1) is 27.5. The fourth-order valence-corrected chi connectivity index (χ4v) is 8.54. The molecule has 0 radical (unpaired) electrons.